The molecule has 182 valence electrons. The Morgan fingerprint density at radius 1 is 1.06 bits per heavy atom. The number of carbonyl (C=O) groups is 3. The summed E-state index contributed by atoms with van der Waals surface area (Å²) in [5.41, 5.74) is 9.21. The monoisotopic (exact) mass is 474 g/mol. The predicted octanol–water partition coefficient (Wildman–Crippen LogP) is 2.18. The van der Waals surface area contributed by atoms with Gasteiger partial charge in [0.25, 0.3) is 11.8 Å². The molecule has 1 saturated carbocycles. The Morgan fingerprint density at radius 2 is 1.77 bits per heavy atom. The molecule has 35 heavy (non-hydrogen) atoms. The standard InChI is InChI=1S/C26H30N6O3/c1-16-7-8-19(26(35)30-20-9-10-20)14-21(16)32-15-29-22(24(32)27)23(33)17-5-4-6-18(13-17)25(34)28-11-12-31(2)3/h4-8,13-15,20H,9-12,27H2,1-3H3,(H,28,34)(H,30,35). The molecule has 1 aliphatic rings. The Morgan fingerprint density at radius 3 is 2.49 bits per heavy atom. The smallest absolute Gasteiger partial charge is 0.251 e. The number of nitrogen functional groups attached to an aromatic ring is 1. The molecule has 0 aliphatic heterocycles. The fourth-order valence-corrected chi connectivity index (χ4v) is 3.66. The van der Waals surface area contributed by atoms with E-state index in [0.29, 0.717) is 35.5 Å². The molecule has 1 fully saturated rings. The number of hydrogen-bond acceptors (Lipinski definition) is 6. The average molecular weight is 475 g/mol. The van der Waals surface area contributed by atoms with Gasteiger partial charge >= 0.3 is 0 Å². The van der Waals surface area contributed by atoms with Crippen LogP contribution < -0.4 is 16.4 Å². The second kappa shape index (κ2) is 10.1. The van der Waals surface area contributed by atoms with Crippen molar-refractivity contribution in [1.82, 2.24) is 25.1 Å². The summed E-state index contributed by atoms with van der Waals surface area (Å²) in [4.78, 5) is 44.4. The summed E-state index contributed by atoms with van der Waals surface area (Å²) < 4.78 is 1.61. The maximum atomic E-state index is 13.2. The fourth-order valence-electron chi connectivity index (χ4n) is 3.66. The Labute approximate surface area is 204 Å². The number of ketones is 1. The second-order valence-electron chi connectivity index (χ2n) is 9.07. The van der Waals surface area contributed by atoms with E-state index in [1.54, 1.807) is 41.0 Å². The highest BCUT2D eigenvalue weighted by Crippen LogP contribution is 2.25. The van der Waals surface area contributed by atoms with Gasteiger partial charge in [-0.3, -0.25) is 19.0 Å². The Kier molecular flexibility index (Phi) is 6.97. The minimum absolute atomic E-state index is 0.0856. The molecule has 9 nitrogen and oxygen atoms in total. The number of nitrogens with two attached hydrogens (primary N) is 1. The normalized spacial score (nSPS) is 13.0. The number of rotatable bonds is 9. The third kappa shape index (κ3) is 5.58. The third-order valence-corrected chi connectivity index (χ3v) is 5.89. The van der Waals surface area contributed by atoms with Crippen molar-refractivity contribution in [2.75, 3.05) is 32.9 Å². The molecule has 1 aromatic heterocycles. The average Bonchev–Trinajstić information content (AvgIpc) is 3.57. The molecule has 4 rings (SSSR count). The van der Waals surface area contributed by atoms with Crippen molar-refractivity contribution in [1.29, 1.82) is 0 Å². The number of nitrogens with zero attached hydrogens (tertiary/aromatic N) is 3. The molecule has 0 radical (unpaired) electrons. The van der Waals surface area contributed by atoms with Gasteiger partial charge in [0.2, 0.25) is 5.78 Å². The van der Waals surface area contributed by atoms with Crippen LogP contribution in [0.5, 0.6) is 0 Å². The van der Waals surface area contributed by atoms with Crippen molar-refractivity contribution < 1.29 is 14.4 Å². The Balaban J connectivity index is 1.56. The number of benzene rings is 2. The number of aromatic nitrogens is 2. The van der Waals surface area contributed by atoms with Gasteiger partial charge in [0, 0.05) is 35.8 Å². The molecule has 0 unspecified atom stereocenters. The first-order chi connectivity index (χ1) is 16.7. The van der Waals surface area contributed by atoms with Crippen molar-refractivity contribution in [3.05, 3.63) is 76.7 Å². The van der Waals surface area contributed by atoms with Gasteiger partial charge in [-0.1, -0.05) is 18.2 Å². The molecule has 9 heteroatoms. The summed E-state index contributed by atoms with van der Waals surface area (Å²) in [6.45, 7) is 3.11. The first-order valence-electron chi connectivity index (χ1n) is 11.6. The number of likely N-dealkylation sites (N-methyl/N-ethyl adjacent to an activating group) is 1. The molecule has 1 aliphatic carbocycles. The van der Waals surface area contributed by atoms with Crippen LogP contribution in [-0.2, 0) is 0 Å². The summed E-state index contributed by atoms with van der Waals surface area (Å²) in [5, 5.41) is 5.82. The molecule has 2 amide bonds. The molecular formula is C26H30N6O3. The summed E-state index contributed by atoms with van der Waals surface area (Å²) in [5.74, 6) is -0.607. The summed E-state index contributed by atoms with van der Waals surface area (Å²) >= 11 is 0. The van der Waals surface area contributed by atoms with E-state index in [-0.39, 0.29) is 35.2 Å². The lowest BCUT2D eigenvalue weighted by atomic mass is 10.0. The van der Waals surface area contributed by atoms with E-state index in [2.05, 4.69) is 15.6 Å². The van der Waals surface area contributed by atoms with Crippen LogP contribution in [0.4, 0.5) is 5.82 Å². The summed E-state index contributed by atoms with van der Waals surface area (Å²) in [7, 11) is 3.85. The van der Waals surface area contributed by atoms with Gasteiger partial charge in [-0.25, -0.2) is 4.98 Å². The highest BCUT2D eigenvalue weighted by Gasteiger charge is 2.25. The molecule has 0 saturated heterocycles. The third-order valence-electron chi connectivity index (χ3n) is 5.89. The topological polar surface area (TPSA) is 122 Å². The number of imidazole rings is 1. The molecule has 0 atom stereocenters. The van der Waals surface area contributed by atoms with Crippen LogP contribution in [0.25, 0.3) is 5.69 Å². The lowest BCUT2D eigenvalue weighted by molar-refractivity contribution is 0.0942. The van der Waals surface area contributed by atoms with E-state index in [9.17, 15) is 14.4 Å². The first kappa shape index (κ1) is 24.2. The van der Waals surface area contributed by atoms with Crippen LogP contribution in [0.15, 0.2) is 48.8 Å². The van der Waals surface area contributed by atoms with E-state index in [0.717, 1.165) is 18.4 Å². The fraction of sp³-hybridized carbons (Fsp3) is 0.308. The van der Waals surface area contributed by atoms with Gasteiger partial charge in [-0.15, -0.1) is 0 Å². The molecule has 2 aromatic carbocycles. The Bertz CT molecular complexity index is 1280. The minimum atomic E-state index is -0.385. The van der Waals surface area contributed by atoms with E-state index < -0.39 is 0 Å². The SMILES string of the molecule is Cc1ccc(C(=O)NC2CC2)cc1-n1cnc(C(=O)c2cccc(C(=O)NCCN(C)C)c2)c1N. The maximum Gasteiger partial charge on any atom is 0.251 e. The van der Waals surface area contributed by atoms with Crippen LogP contribution in [0, 0.1) is 6.92 Å². The van der Waals surface area contributed by atoms with E-state index in [1.807, 2.05) is 32.0 Å². The maximum absolute atomic E-state index is 13.2. The number of nitrogens with one attached hydrogen (secondary N) is 2. The quantitative estimate of drug-likeness (QED) is 0.409. The summed E-state index contributed by atoms with van der Waals surface area (Å²) in [6.07, 6.45) is 3.48. The van der Waals surface area contributed by atoms with Crippen LogP contribution in [0.1, 0.15) is 55.2 Å². The van der Waals surface area contributed by atoms with Gasteiger partial charge in [0.1, 0.15) is 12.1 Å². The molecule has 0 spiro atoms. The van der Waals surface area contributed by atoms with Crippen molar-refractivity contribution in [2.24, 2.45) is 0 Å². The lowest BCUT2D eigenvalue weighted by Gasteiger charge is -2.12. The van der Waals surface area contributed by atoms with Gasteiger partial charge in [-0.2, -0.15) is 0 Å². The van der Waals surface area contributed by atoms with E-state index in [1.165, 1.54) is 6.33 Å². The highest BCUT2D eigenvalue weighted by molar-refractivity contribution is 6.11. The van der Waals surface area contributed by atoms with E-state index >= 15 is 0 Å². The zero-order chi connectivity index (χ0) is 25.1. The molecule has 1 heterocycles. The van der Waals surface area contributed by atoms with Gasteiger partial charge in [0.05, 0.1) is 5.69 Å². The van der Waals surface area contributed by atoms with Gasteiger partial charge in [-0.05, 0) is 63.7 Å². The largest absolute Gasteiger partial charge is 0.383 e. The highest BCUT2D eigenvalue weighted by atomic mass is 16.2. The zero-order valence-electron chi connectivity index (χ0n) is 20.2. The van der Waals surface area contributed by atoms with Crippen LogP contribution in [0.3, 0.4) is 0 Å². The number of anilines is 1. The molecule has 3 aromatic rings. The number of amides is 2. The van der Waals surface area contributed by atoms with Crippen molar-refractivity contribution in [3.8, 4) is 5.69 Å². The molecular weight excluding hydrogens is 444 g/mol. The minimum Gasteiger partial charge on any atom is -0.383 e. The van der Waals surface area contributed by atoms with Crippen LogP contribution in [-0.4, -0.2) is 65.3 Å². The van der Waals surface area contributed by atoms with Gasteiger partial charge < -0.3 is 21.3 Å². The van der Waals surface area contributed by atoms with E-state index in [4.69, 9.17) is 5.73 Å². The van der Waals surface area contributed by atoms with Crippen molar-refractivity contribution >= 4 is 23.4 Å². The molecule has 0 bridgehead atoms. The Hall–Kier alpha value is -3.98. The van der Waals surface area contributed by atoms with Crippen LogP contribution in [0.2, 0.25) is 0 Å². The zero-order valence-corrected chi connectivity index (χ0v) is 20.2. The first-order valence-corrected chi connectivity index (χ1v) is 11.6. The number of carbonyl (C=O) groups excluding carboxylic acids is 3. The van der Waals surface area contributed by atoms with Crippen molar-refractivity contribution in [2.45, 2.75) is 25.8 Å². The molecule has 4 N–H and O–H groups in total. The summed E-state index contributed by atoms with van der Waals surface area (Å²) in [6, 6.07) is 12.1. The number of hydrogen-bond donors (Lipinski definition) is 3. The van der Waals surface area contributed by atoms with Crippen LogP contribution >= 0.6 is 0 Å². The predicted molar refractivity (Wildman–Crippen MR) is 134 cm³/mol. The van der Waals surface area contributed by atoms with Crippen molar-refractivity contribution in [3.63, 3.8) is 0 Å². The number of aryl methyl sites for hydroxylation is 1. The van der Waals surface area contributed by atoms with Gasteiger partial charge in [0.15, 0.2) is 5.69 Å². The lowest BCUT2D eigenvalue weighted by Crippen LogP contribution is -2.31. The second-order valence-corrected chi connectivity index (χ2v) is 9.07.